The first-order valence-electron chi connectivity index (χ1n) is 5.85. The molecule has 0 atom stereocenters. The molecule has 1 heterocycles. The molecule has 1 aromatic carbocycles. The van der Waals surface area contributed by atoms with Crippen molar-refractivity contribution >= 4 is 10.0 Å². The van der Waals surface area contributed by atoms with Crippen LogP contribution in [0.3, 0.4) is 0 Å². The van der Waals surface area contributed by atoms with Crippen LogP contribution < -0.4 is 4.72 Å². The molecule has 0 saturated heterocycles. The number of hydrogen-bond donors (Lipinski definition) is 1. The highest BCUT2D eigenvalue weighted by Crippen LogP contribution is 2.17. The van der Waals surface area contributed by atoms with Gasteiger partial charge in [0.1, 0.15) is 5.76 Å². The molecular formula is C13H13N3O3S. The average Bonchev–Trinajstić information content (AvgIpc) is 2.83. The quantitative estimate of drug-likeness (QED) is 0.923. The van der Waals surface area contributed by atoms with Crippen LogP contribution in [-0.2, 0) is 16.6 Å². The molecule has 2 aromatic rings. The molecule has 1 N–H and O–H groups in total. The van der Waals surface area contributed by atoms with Gasteiger partial charge in [0.05, 0.1) is 28.8 Å². The van der Waals surface area contributed by atoms with Gasteiger partial charge in [0.15, 0.2) is 0 Å². The first-order valence-corrected chi connectivity index (χ1v) is 7.33. The standard InChI is InChI=1S/C13H13N3O3S/c1-9-3-4-11(7-14)6-13(9)20(17,18)15-8-12-5-10(2)19-16-12/h3-6,15H,8H2,1-2H3. The number of aromatic nitrogens is 1. The molecule has 6 nitrogen and oxygen atoms in total. The number of nitrogens with one attached hydrogen (secondary N) is 1. The Kier molecular flexibility index (Phi) is 3.88. The number of benzene rings is 1. The van der Waals surface area contributed by atoms with E-state index < -0.39 is 10.0 Å². The lowest BCUT2D eigenvalue weighted by Crippen LogP contribution is -2.24. The molecule has 0 spiro atoms. The maximum Gasteiger partial charge on any atom is 0.241 e. The lowest BCUT2D eigenvalue weighted by molar-refractivity contribution is 0.390. The zero-order chi connectivity index (χ0) is 14.8. The Hall–Kier alpha value is -2.17. The topological polar surface area (TPSA) is 96.0 Å². The fraction of sp³-hybridized carbons (Fsp3) is 0.231. The number of rotatable bonds is 4. The summed E-state index contributed by atoms with van der Waals surface area (Å²) < 4.78 is 31.7. The molecule has 0 bridgehead atoms. The number of nitriles is 1. The van der Waals surface area contributed by atoms with Crippen molar-refractivity contribution in [2.75, 3.05) is 0 Å². The third-order valence-corrected chi connectivity index (χ3v) is 4.27. The fourth-order valence-electron chi connectivity index (χ4n) is 1.71. The molecule has 0 saturated carbocycles. The van der Waals surface area contributed by atoms with E-state index in [-0.39, 0.29) is 11.4 Å². The fourth-order valence-corrected chi connectivity index (χ4v) is 2.97. The molecule has 0 aliphatic carbocycles. The van der Waals surface area contributed by atoms with Gasteiger partial charge in [0, 0.05) is 6.07 Å². The SMILES string of the molecule is Cc1cc(CNS(=O)(=O)c2cc(C#N)ccc2C)no1. The normalized spacial score (nSPS) is 11.2. The van der Waals surface area contributed by atoms with Gasteiger partial charge in [-0.25, -0.2) is 13.1 Å². The molecular weight excluding hydrogens is 278 g/mol. The molecule has 0 radical (unpaired) electrons. The van der Waals surface area contributed by atoms with Gasteiger partial charge in [-0.05, 0) is 31.5 Å². The predicted molar refractivity (Wildman–Crippen MR) is 71.2 cm³/mol. The van der Waals surface area contributed by atoms with E-state index in [2.05, 4.69) is 9.88 Å². The second kappa shape index (κ2) is 5.45. The number of hydrogen-bond acceptors (Lipinski definition) is 5. The van der Waals surface area contributed by atoms with Crippen LogP contribution in [0.2, 0.25) is 0 Å². The van der Waals surface area contributed by atoms with Crippen LogP contribution in [0.25, 0.3) is 0 Å². The molecule has 0 unspecified atom stereocenters. The smallest absolute Gasteiger partial charge is 0.241 e. The Morgan fingerprint density at radius 2 is 2.10 bits per heavy atom. The van der Waals surface area contributed by atoms with Crippen molar-refractivity contribution in [1.82, 2.24) is 9.88 Å². The van der Waals surface area contributed by atoms with Crippen molar-refractivity contribution < 1.29 is 12.9 Å². The van der Waals surface area contributed by atoms with Crippen LogP contribution in [0.5, 0.6) is 0 Å². The van der Waals surface area contributed by atoms with E-state index in [9.17, 15) is 8.42 Å². The van der Waals surface area contributed by atoms with Gasteiger partial charge in [0.25, 0.3) is 0 Å². The second-order valence-electron chi connectivity index (χ2n) is 4.35. The summed E-state index contributed by atoms with van der Waals surface area (Å²) in [6.45, 7) is 3.44. The Morgan fingerprint density at radius 3 is 2.70 bits per heavy atom. The van der Waals surface area contributed by atoms with Gasteiger partial charge in [0.2, 0.25) is 10.0 Å². The van der Waals surface area contributed by atoms with Crippen LogP contribution in [0.15, 0.2) is 33.7 Å². The lowest BCUT2D eigenvalue weighted by atomic mass is 10.2. The van der Waals surface area contributed by atoms with Crippen LogP contribution >= 0.6 is 0 Å². The van der Waals surface area contributed by atoms with E-state index in [4.69, 9.17) is 9.78 Å². The maximum atomic E-state index is 12.2. The highest BCUT2D eigenvalue weighted by Gasteiger charge is 2.17. The average molecular weight is 291 g/mol. The number of aryl methyl sites for hydroxylation is 2. The molecule has 104 valence electrons. The first kappa shape index (κ1) is 14.2. The van der Waals surface area contributed by atoms with E-state index in [1.54, 1.807) is 32.0 Å². The van der Waals surface area contributed by atoms with Crippen molar-refractivity contribution in [3.63, 3.8) is 0 Å². The minimum atomic E-state index is -3.70. The van der Waals surface area contributed by atoms with E-state index in [0.29, 0.717) is 22.6 Å². The van der Waals surface area contributed by atoms with Gasteiger partial charge in [-0.3, -0.25) is 0 Å². The zero-order valence-corrected chi connectivity index (χ0v) is 11.9. The van der Waals surface area contributed by atoms with Gasteiger partial charge in [-0.1, -0.05) is 11.2 Å². The molecule has 2 rings (SSSR count). The minimum Gasteiger partial charge on any atom is -0.361 e. The Balaban J connectivity index is 2.24. The molecule has 1 aromatic heterocycles. The number of sulfonamides is 1. The Labute approximate surface area is 117 Å². The summed E-state index contributed by atoms with van der Waals surface area (Å²) in [6.07, 6.45) is 0. The van der Waals surface area contributed by atoms with Crippen molar-refractivity contribution in [2.45, 2.75) is 25.3 Å². The van der Waals surface area contributed by atoms with E-state index >= 15 is 0 Å². The summed E-state index contributed by atoms with van der Waals surface area (Å²) in [7, 11) is -3.70. The van der Waals surface area contributed by atoms with Gasteiger partial charge in [-0.15, -0.1) is 0 Å². The first-order chi connectivity index (χ1) is 9.42. The summed E-state index contributed by atoms with van der Waals surface area (Å²) in [5.74, 6) is 0.613. The van der Waals surface area contributed by atoms with Crippen LogP contribution in [0.4, 0.5) is 0 Å². The molecule has 0 aliphatic heterocycles. The summed E-state index contributed by atoms with van der Waals surface area (Å²) >= 11 is 0. The second-order valence-corrected chi connectivity index (χ2v) is 6.08. The molecule has 0 aliphatic rings. The van der Waals surface area contributed by atoms with Crippen molar-refractivity contribution in [3.05, 3.63) is 46.8 Å². The Morgan fingerprint density at radius 1 is 1.35 bits per heavy atom. The highest BCUT2D eigenvalue weighted by molar-refractivity contribution is 7.89. The zero-order valence-electron chi connectivity index (χ0n) is 11.0. The predicted octanol–water partition coefficient (Wildman–Crippen LogP) is 1.64. The molecule has 0 fully saturated rings. The minimum absolute atomic E-state index is 0.0376. The van der Waals surface area contributed by atoms with E-state index in [0.717, 1.165) is 0 Å². The summed E-state index contributed by atoms with van der Waals surface area (Å²) in [6, 6.07) is 8.11. The molecule has 20 heavy (non-hydrogen) atoms. The summed E-state index contributed by atoms with van der Waals surface area (Å²) in [5, 5.41) is 12.6. The van der Waals surface area contributed by atoms with Crippen LogP contribution in [0, 0.1) is 25.2 Å². The van der Waals surface area contributed by atoms with Crippen LogP contribution in [0.1, 0.15) is 22.6 Å². The Bertz CT molecular complexity index is 772. The third kappa shape index (κ3) is 3.04. The van der Waals surface area contributed by atoms with Gasteiger partial charge in [-0.2, -0.15) is 5.26 Å². The van der Waals surface area contributed by atoms with Crippen molar-refractivity contribution in [3.8, 4) is 6.07 Å². The third-order valence-electron chi connectivity index (χ3n) is 2.73. The van der Waals surface area contributed by atoms with Gasteiger partial charge < -0.3 is 4.52 Å². The monoisotopic (exact) mass is 291 g/mol. The van der Waals surface area contributed by atoms with Gasteiger partial charge >= 0.3 is 0 Å². The van der Waals surface area contributed by atoms with Crippen LogP contribution in [-0.4, -0.2) is 13.6 Å². The maximum absolute atomic E-state index is 12.2. The van der Waals surface area contributed by atoms with Crippen molar-refractivity contribution in [1.29, 1.82) is 5.26 Å². The summed E-state index contributed by atoms with van der Waals surface area (Å²) in [5.41, 5.74) is 1.38. The lowest BCUT2D eigenvalue weighted by Gasteiger charge is -2.08. The largest absolute Gasteiger partial charge is 0.361 e. The molecule has 7 heteroatoms. The summed E-state index contributed by atoms with van der Waals surface area (Å²) in [4.78, 5) is 0.0942. The van der Waals surface area contributed by atoms with Crippen molar-refractivity contribution in [2.24, 2.45) is 0 Å². The van der Waals surface area contributed by atoms with E-state index in [1.807, 2.05) is 6.07 Å². The molecule has 0 amide bonds. The number of nitrogens with zero attached hydrogens (tertiary/aromatic N) is 2. The highest BCUT2D eigenvalue weighted by atomic mass is 32.2. The van der Waals surface area contributed by atoms with E-state index in [1.165, 1.54) is 6.07 Å².